The molecule has 2 atom stereocenters. The predicted molar refractivity (Wildman–Crippen MR) is 55.7 cm³/mol. The molecule has 1 heterocycles. The third-order valence-electron chi connectivity index (χ3n) is 3.03. The number of carbonyl (C=O) groups excluding carboxylic acids is 1. The monoisotopic (exact) mass is 208 g/mol. The molecule has 0 fully saturated rings. The third kappa shape index (κ3) is 1.78. The second-order valence-corrected chi connectivity index (χ2v) is 4.02. The van der Waals surface area contributed by atoms with Crippen LogP contribution in [0.5, 0.6) is 0 Å². The summed E-state index contributed by atoms with van der Waals surface area (Å²) in [5, 5.41) is 0. The number of fused-ring (bicyclic) bond motifs is 1. The number of esters is 1. The van der Waals surface area contributed by atoms with E-state index in [9.17, 15) is 4.79 Å². The Hall–Kier alpha value is -1.25. The van der Waals surface area contributed by atoms with Crippen molar-refractivity contribution < 1.29 is 13.9 Å². The molecule has 1 aromatic rings. The van der Waals surface area contributed by atoms with E-state index < -0.39 is 0 Å². The van der Waals surface area contributed by atoms with Crippen molar-refractivity contribution in [2.24, 2.45) is 0 Å². The van der Waals surface area contributed by atoms with Crippen LogP contribution in [-0.4, -0.2) is 12.6 Å². The van der Waals surface area contributed by atoms with E-state index in [-0.39, 0.29) is 11.9 Å². The standard InChI is InChI=1S/C12H16O3/c1-3-14-12(13)10-5-4-8(2)9-6-7-15-11(9)10/h6-8,10H,3-5H2,1-2H3. The fourth-order valence-corrected chi connectivity index (χ4v) is 2.19. The SMILES string of the molecule is CCOC(=O)C1CCC(C)c2ccoc21. The molecule has 1 aromatic heterocycles. The smallest absolute Gasteiger partial charge is 0.316 e. The first-order valence-corrected chi connectivity index (χ1v) is 5.48. The van der Waals surface area contributed by atoms with Crippen LogP contribution in [0.2, 0.25) is 0 Å². The lowest BCUT2D eigenvalue weighted by Gasteiger charge is -2.23. The van der Waals surface area contributed by atoms with Crippen LogP contribution in [0, 0.1) is 0 Å². The minimum absolute atomic E-state index is 0.152. The minimum atomic E-state index is -0.189. The highest BCUT2D eigenvalue weighted by atomic mass is 16.5. The van der Waals surface area contributed by atoms with Gasteiger partial charge in [-0.05, 0) is 37.3 Å². The fourth-order valence-electron chi connectivity index (χ4n) is 2.19. The largest absolute Gasteiger partial charge is 0.468 e. The quantitative estimate of drug-likeness (QED) is 0.701. The zero-order valence-corrected chi connectivity index (χ0v) is 9.16. The summed E-state index contributed by atoms with van der Waals surface area (Å²) in [5.41, 5.74) is 1.17. The first-order valence-electron chi connectivity index (χ1n) is 5.48. The molecule has 2 unspecified atom stereocenters. The van der Waals surface area contributed by atoms with E-state index >= 15 is 0 Å². The first-order chi connectivity index (χ1) is 7.24. The first kappa shape index (κ1) is 10.3. The molecule has 0 radical (unpaired) electrons. The maximum Gasteiger partial charge on any atom is 0.316 e. The average Bonchev–Trinajstić information content (AvgIpc) is 2.68. The molecule has 0 aromatic carbocycles. The molecule has 2 rings (SSSR count). The molecule has 0 saturated carbocycles. The van der Waals surface area contributed by atoms with Crippen LogP contribution in [0.15, 0.2) is 16.7 Å². The van der Waals surface area contributed by atoms with E-state index in [2.05, 4.69) is 6.92 Å². The third-order valence-corrected chi connectivity index (χ3v) is 3.03. The maximum absolute atomic E-state index is 11.7. The predicted octanol–water partition coefficient (Wildman–Crippen LogP) is 2.82. The molecule has 0 bridgehead atoms. The van der Waals surface area contributed by atoms with Crippen molar-refractivity contribution >= 4 is 5.97 Å². The fraction of sp³-hybridized carbons (Fsp3) is 0.583. The Balaban J connectivity index is 2.24. The van der Waals surface area contributed by atoms with E-state index in [1.54, 1.807) is 6.26 Å². The van der Waals surface area contributed by atoms with Crippen molar-refractivity contribution in [3.63, 3.8) is 0 Å². The van der Waals surface area contributed by atoms with Gasteiger partial charge in [0.2, 0.25) is 0 Å². The number of furan rings is 1. The van der Waals surface area contributed by atoms with Gasteiger partial charge in [0.1, 0.15) is 11.7 Å². The summed E-state index contributed by atoms with van der Waals surface area (Å²) in [4.78, 5) is 11.7. The van der Waals surface area contributed by atoms with Crippen LogP contribution in [0.4, 0.5) is 0 Å². The van der Waals surface area contributed by atoms with Gasteiger partial charge in [0.05, 0.1) is 12.9 Å². The highest BCUT2D eigenvalue weighted by Gasteiger charge is 2.33. The summed E-state index contributed by atoms with van der Waals surface area (Å²) in [7, 11) is 0. The van der Waals surface area contributed by atoms with Crippen molar-refractivity contribution in [3.05, 3.63) is 23.7 Å². The van der Waals surface area contributed by atoms with E-state index in [1.807, 2.05) is 13.0 Å². The second kappa shape index (κ2) is 4.09. The van der Waals surface area contributed by atoms with Gasteiger partial charge in [0, 0.05) is 0 Å². The Morgan fingerprint density at radius 1 is 1.60 bits per heavy atom. The van der Waals surface area contributed by atoms with Crippen LogP contribution in [0.1, 0.15) is 49.8 Å². The average molecular weight is 208 g/mol. The van der Waals surface area contributed by atoms with Crippen molar-refractivity contribution in [3.8, 4) is 0 Å². The lowest BCUT2D eigenvalue weighted by molar-refractivity contribution is -0.145. The maximum atomic E-state index is 11.7. The van der Waals surface area contributed by atoms with Gasteiger partial charge in [-0.3, -0.25) is 4.79 Å². The van der Waals surface area contributed by atoms with Gasteiger partial charge in [-0.1, -0.05) is 6.92 Å². The molecule has 1 aliphatic carbocycles. The van der Waals surface area contributed by atoms with E-state index in [0.29, 0.717) is 12.5 Å². The Morgan fingerprint density at radius 3 is 3.13 bits per heavy atom. The molecule has 1 aliphatic rings. The Labute approximate surface area is 89.4 Å². The van der Waals surface area contributed by atoms with Crippen molar-refractivity contribution in [2.45, 2.75) is 38.5 Å². The summed E-state index contributed by atoms with van der Waals surface area (Å²) in [5.74, 6) is 0.961. The number of hydrogen-bond acceptors (Lipinski definition) is 3. The molecular weight excluding hydrogens is 192 g/mol. The molecule has 3 heteroatoms. The highest BCUT2D eigenvalue weighted by molar-refractivity contribution is 5.78. The summed E-state index contributed by atoms with van der Waals surface area (Å²) in [6.07, 6.45) is 3.52. The lowest BCUT2D eigenvalue weighted by atomic mass is 9.82. The summed E-state index contributed by atoms with van der Waals surface area (Å²) < 4.78 is 10.4. The number of rotatable bonds is 2. The van der Waals surface area contributed by atoms with Crippen LogP contribution < -0.4 is 0 Å². The van der Waals surface area contributed by atoms with Crippen molar-refractivity contribution in [2.75, 3.05) is 6.61 Å². The second-order valence-electron chi connectivity index (χ2n) is 4.02. The Kier molecular flexibility index (Phi) is 2.80. The van der Waals surface area contributed by atoms with Crippen LogP contribution in [0.3, 0.4) is 0 Å². The zero-order chi connectivity index (χ0) is 10.8. The van der Waals surface area contributed by atoms with E-state index in [1.165, 1.54) is 5.56 Å². The summed E-state index contributed by atoms with van der Waals surface area (Å²) in [6, 6.07) is 1.96. The Morgan fingerprint density at radius 2 is 2.40 bits per heavy atom. The van der Waals surface area contributed by atoms with Crippen molar-refractivity contribution in [1.29, 1.82) is 0 Å². The molecule has 0 N–H and O–H groups in total. The minimum Gasteiger partial charge on any atom is -0.468 e. The van der Waals surface area contributed by atoms with E-state index in [4.69, 9.17) is 9.15 Å². The van der Waals surface area contributed by atoms with Gasteiger partial charge in [-0.15, -0.1) is 0 Å². The van der Waals surface area contributed by atoms with Gasteiger partial charge >= 0.3 is 5.97 Å². The summed E-state index contributed by atoms with van der Waals surface area (Å²) >= 11 is 0. The van der Waals surface area contributed by atoms with Crippen LogP contribution in [0.25, 0.3) is 0 Å². The van der Waals surface area contributed by atoms with Gasteiger partial charge in [-0.2, -0.15) is 0 Å². The topological polar surface area (TPSA) is 39.4 Å². The molecule has 0 saturated heterocycles. The molecular formula is C12H16O3. The number of hydrogen-bond donors (Lipinski definition) is 0. The van der Waals surface area contributed by atoms with Crippen LogP contribution >= 0.6 is 0 Å². The Bertz CT molecular complexity index is 354. The molecule has 0 amide bonds. The molecule has 0 aliphatic heterocycles. The molecule has 15 heavy (non-hydrogen) atoms. The molecule has 0 spiro atoms. The molecule has 82 valence electrons. The van der Waals surface area contributed by atoms with Gasteiger partial charge in [0.25, 0.3) is 0 Å². The molecule has 3 nitrogen and oxygen atoms in total. The highest BCUT2D eigenvalue weighted by Crippen LogP contribution is 2.39. The van der Waals surface area contributed by atoms with Gasteiger partial charge in [-0.25, -0.2) is 0 Å². The zero-order valence-electron chi connectivity index (χ0n) is 9.16. The normalized spacial score (nSPS) is 24.7. The van der Waals surface area contributed by atoms with Gasteiger partial charge < -0.3 is 9.15 Å². The summed E-state index contributed by atoms with van der Waals surface area (Å²) in [6.45, 7) is 4.42. The van der Waals surface area contributed by atoms with E-state index in [0.717, 1.165) is 18.6 Å². The number of ether oxygens (including phenoxy) is 1. The van der Waals surface area contributed by atoms with Gasteiger partial charge in [0.15, 0.2) is 0 Å². The van der Waals surface area contributed by atoms with Crippen LogP contribution in [-0.2, 0) is 9.53 Å². The lowest BCUT2D eigenvalue weighted by Crippen LogP contribution is -2.21. The van der Waals surface area contributed by atoms with Crippen molar-refractivity contribution in [1.82, 2.24) is 0 Å². The number of carbonyl (C=O) groups is 1.